The molecule has 0 saturated heterocycles. The van der Waals surface area contributed by atoms with Gasteiger partial charge in [0.1, 0.15) is 5.75 Å². The lowest BCUT2D eigenvalue weighted by atomic mass is 10.2. The highest BCUT2D eigenvalue weighted by atomic mass is 16.5. The van der Waals surface area contributed by atoms with Gasteiger partial charge in [-0.1, -0.05) is 0 Å². The molecule has 0 heterocycles. The molecule has 0 atom stereocenters. The first kappa shape index (κ1) is 11.0. The highest BCUT2D eigenvalue weighted by molar-refractivity contribution is 5.91. The molecule has 5 nitrogen and oxygen atoms in total. The molecular formula is C10H11NO4. The number of nitrogens with one attached hydrogen (secondary N) is 1. The zero-order valence-corrected chi connectivity index (χ0v) is 8.44. The van der Waals surface area contributed by atoms with Crippen molar-refractivity contribution in [3.05, 3.63) is 23.8 Å². The Morgan fingerprint density at radius 1 is 1.40 bits per heavy atom. The van der Waals surface area contributed by atoms with Gasteiger partial charge in [0.15, 0.2) is 0 Å². The van der Waals surface area contributed by atoms with Gasteiger partial charge in [-0.3, -0.25) is 4.79 Å². The average molecular weight is 209 g/mol. The van der Waals surface area contributed by atoms with Gasteiger partial charge in [0.05, 0.1) is 25.5 Å². The number of methoxy groups -OCH3 is 2. The van der Waals surface area contributed by atoms with E-state index in [4.69, 9.17) is 4.74 Å². The Bertz CT molecular complexity index is 376. The first-order valence-electron chi connectivity index (χ1n) is 4.19. The third-order valence-corrected chi connectivity index (χ3v) is 1.84. The normalized spacial score (nSPS) is 9.20. The van der Waals surface area contributed by atoms with Crippen molar-refractivity contribution in [1.82, 2.24) is 0 Å². The van der Waals surface area contributed by atoms with Crippen LogP contribution in [0.1, 0.15) is 10.4 Å². The predicted octanol–water partition coefficient (Wildman–Crippen LogP) is 1.05. The molecule has 0 aliphatic rings. The number of hydrogen-bond acceptors (Lipinski definition) is 4. The summed E-state index contributed by atoms with van der Waals surface area (Å²) in [6.45, 7) is 0. The van der Waals surface area contributed by atoms with Crippen LogP contribution in [0.2, 0.25) is 0 Å². The fourth-order valence-electron chi connectivity index (χ4n) is 1.12. The molecule has 0 aliphatic heterocycles. The van der Waals surface area contributed by atoms with Crippen LogP contribution in [-0.2, 0) is 9.53 Å². The minimum atomic E-state index is -0.453. The molecule has 0 spiro atoms. The number of anilines is 1. The fraction of sp³-hybridized carbons (Fsp3) is 0.200. The van der Waals surface area contributed by atoms with Gasteiger partial charge in [-0.15, -0.1) is 0 Å². The molecule has 1 N–H and O–H groups in total. The molecule has 80 valence electrons. The number of carbonyl (C=O) groups excluding carboxylic acids is 2. The van der Waals surface area contributed by atoms with E-state index in [1.54, 1.807) is 12.1 Å². The maximum Gasteiger partial charge on any atom is 0.337 e. The average Bonchev–Trinajstić information content (AvgIpc) is 2.29. The van der Waals surface area contributed by atoms with Gasteiger partial charge in [-0.25, -0.2) is 4.79 Å². The van der Waals surface area contributed by atoms with Gasteiger partial charge in [-0.2, -0.15) is 0 Å². The van der Waals surface area contributed by atoms with Crippen molar-refractivity contribution in [2.45, 2.75) is 0 Å². The van der Waals surface area contributed by atoms with E-state index in [0.29, 0.717) is 23.4 Å². The molecule has 1 aromatic carbocycles. The van der Waals surface area contributed by atoms with Crippen molar-refractivity contribution < 1.29 is 19.1 Å². The first-order valence-corrected chi connectivity index (χ1v) is 4.19. The lowest BCUT2D eigenvalue weighted by molar-refractivity contribution is -0.105. The summed E-state index contributed by atoms with van der Waals surface area (Å²) in [5.41, 5.74) is 0.867. The first-order chi connectivity index (χ1) is 7.22. The summed E-state index contributed by atoms with van der Waals surface area (Å²) in [5.74, 6) is -0.0454. The van der Waals surface area contributed by atoms with Gasteiger partial charge in [0, 0.05) is 0 Å². The molecule has 0 bridgehead atoms. The minimum absolute atomic E-state index is 0.366. The molecule has 0 aliphatic carbocycles. The third-order valence-electron chi connectivity index (χ3n) is 1.84. The SMILES string of the molecule is COC(=O)c1ccc(NC=O)c(OC)c1. The summed E-state index contributed by atoms with van der Waals surface area (Å²) in [6.07, 6.45) is 0.537. The Labute approximate surface area is 87.0 Å². The second kappa shape index (κ2) is 4.99. The zero-order chi connectivity index (χ0) is 11.3. The Hall–Kier alpha value is -2.04. The molecule has 1 aromatic rings. The van der Waals surface area contributed by atoms with Crippen molar-refractivity contribution in [3.63, 3.8) is 0 Å². The largest absolute Gasteiger partial charge is 0.495 e. The predicted molar refractivity (Wildman–Crippen MR) is 54.0 cm³/mol. The van der Waals surface area contributed by atoms with E-state index in [-0.39, 0.29) is 0 Å². The van der Waals surface area contributed by atoms with Crippen molar-refractivity contribution in [2.24, 2.45) is 0 Å². The van der Waals surface area contributed by atoms with Crippen molar-refractivity contribution in [2.75, 3.05) is 19.5 Å². The summed E-state index contributed by atoms with van der Waals surface area (Å²) in [4.78, 5) is 21.4. The second-order valence-electron chi connectivity index (χ2n) is 2.67. The topological polar surface area (TPSA) is 64.6 Å². The molecule has 0 radical (unpaired) electrons. The molecule has 15 heavy (non-hydrogen) atoms. The molecule has 5 heteroatoms. The van der Waals surface area contributed by atoms with E-state index in [1.165, 1.54) is 20.3 Å². The van der Waals surface area contributed by atoms with Gasteiger partial charge < -0.3 is 14.8 Å². The van der Waals surface area contributed by atoms with E-state index in [9.17, 15) is 9.59 Å². The Balaban J connectivity index is 3.06. The minimum Gasteiger partial charge on any atom is -0.495 e. The van der Waals surface area contributed by atoms with E-state index in [1.807, 2.05) is 0 Å². The van der Waals surface area contributed by atoms with Crippen LogP contribution in [0, 0.1) is 0 Å². The van der Waals surface area contributed by atoms with Crippen LogP contribution in [0.4, 0.5) is 5.69 Å². The summed E-state index contributed by atoms with van der Waals surface area (Å²) in [5, 5.41) is 2.45. The summed E-state index contributed by atoms with van der Waals surface area (Å²) in [7, 11) is 2.75. The van der Waals surface area contributed by atoms with Gasteiger partial charge >= 0.3 is 5.97 Å². The van der Waals surface area contributed by atoms with E-state index < -0.39 is 5.97 Å². The molecule has 0 fully saturated rings. The van der Waals surface area contributed by atoms with Gasteiger partial charge in [-0.05, 0) is 18.2 Å². The lowest BCUT2D eigenvalue weighted by Gasteiger charge is -2.08. The molecule has 0 unspecified atom stereocenters. The molecule has 1 rings (SSSR count). The molecule has 1 amide bonds. The number of benzene rings is 1. The van der Waals surface area contributed by atoms with Crippen molar-refractivity contribution >= 4 is 18.1 Å². The van der Waals surface area contributed by atoms with E-state index >= 15 is 0 Å². The highest BCUT2D eigenvalue weighted by Crippen LogP contribution is 2.25. The van der Waals surface area contributed by atoms with Crippen LogP contribution in [0.5, 0.6) is 5.75 Å². The Morgan fingerprint density at radius 2 is 2.13 bits per heavy atom. The van der Waals surface area contributed by atoms with Crippen LogP contribution in [0.25, 0.3) is 0 Å². The Kier molecular flexibility index (Phi) is 3.68. The number of amides is 1. The highest BCUT2D eigenvalue weighted by Gasteiger charge is 2.09. The van der Waals surface area contributed by atoms with E-state index in [2.05, 4.69) is 10.1 Å². The monoisotopic (exact) mass is 209 g/mol. The van der Waals surface area contributed by atoms with E-state index in [0.717, 1.165) is 0 Å². The van der Waals surface area contributed by atoms with Gasteiger partial charge in [0.25, 0.3) is 0 Å². The summed E-state index contributed by atoms with van der Waals surface area (Å²) >= 11 is 0. The quantitative estimate of drug-likeness (QED) is 0.594. The standard InChI is InChI=1S/C10H11NO4/c1-14-9-5-7(10(13)15-2)3-4-8(9)11-6-12/h3-6H,1-2H3,(H,11,12). The smallest absolute Gasteiger partial charge is 0.337 e. The van der Waals surface area contributed by atoms with Crippen LogP contribution in [0.3, 0.4) is 0 Å². The number of esters is 1. The number of carbonyl (C=O) groups is 2. The maximum atomic E-state index is 11.2. The fourth-order valence-corrected chi connectivity index (χ4v) is 1.12. The number of hydrogen-bond donors (Lipinski definition) is 1. The maximum absolute atomic E-state index is 11.2. The van der Waals surface area contributed by atoms with Crippen molar-refractivity contribution in [3.8, 4) is 5.75 Å². The molecular weight excluding hydrogens is 198 g/mol. The lowest BCUT2D eigenvalue weighted by Crippen LogP contribution is -2.03. The van der Waals surface area contributed by atoms with Crippen LogP contribution >= 0.6 is 0 Å². The zero-order valence-electron chi connectivity index (χ0n) is 8.44. The second-order valence-corrected chi connectivity index (χ2v) is 2.67. The molecule has 0 aromatic heterocycles. The van der Waals surface area contributed by atoms with Gasteiger partial charge in [0.2, 0.25) is 6.41 Å². The van der Waals surface area contributed by atoms with Crippen molar-refractivity contribution in [1.29, 1.82) is 0 Å². The van der Waals surface area contributed by atoms with Crippen LogP contribution in [0.15, 0.2) is 18.2 Å². The number of ether oxygens (including phenoxy) is 2. The Morgan fingerprint density at radius 3 is 2.67 bits per heavy atom. The van der Waals surface area contributed by atoms with Crippen LogP contribution < -0.4 is 10.1 Å². The molecule has 0 saturated carbocycles. The number of rotatable bonds is 4. The summed E-state index contributed by atoms with van der Waals surface area (Å²) in [6, 6.07) is 4.61. The third kappa shape index (κ3) is 2.46. The van der Waals surface area contributed by atoms with Crippen LogP contribution in [-0.4, -0.2) is 26.6 Å². The summed E-state index contributed by atoms with van der Waals surface area (Å²) < 4.78 is 9.56.